The lowest BCUT2D eigenvalue weighted by atomic mass is 10.2. The SMILES string of the molecule is CC(=O)O[C@@H](CC(=O)O)C(=O)O[C@@H](C)C(C)=O. The number of carboxylic acids is 1. The standard InChI is InChI=1S/C10H14O7/c1-5(11)6(2)16-10(15)8(4-9(13)14)17-7(3)12/h6,8H,4H2,1-3H3,(H,13,14)/t6-,8-/m0/s1. The summed E-state index contributed by atoms with van der Waals surface area (Å²) in [4.78, 5) is 43.4. The molecule has 0 heterocycles. The van der Waals surface area contributed by atoms with Gasteiger partial charge < -0.3 is 14.6 Å². The molecule has 0 radical (unpaired) electrons. The number of ketones is 1. The molecule has 0 aliphatic carbocycles. The second-order valence-electron chi connectivity index (χ2n) is 3.39. The third-order valence-electron chi connectivity index (χ3n) is 1.80. The molecule has 0 aromatic rings. The van der Waals surface area contributed by atoms with Crippen LogP contribution >= 0.6 is 0 Å². The molecule has 2 atom stereocenters. The van der Waals surface area contributed by atoms with Crippen molar-refractivity contribution in [1.29, 1.82) is 0 Å². The van der Waals surface area contributed by atoms with Crippen LogP contribution in [-0.4, -0.2) is 41.0 Å². The zero-order chi connectivity index (χ0) is 13.6. The smallest absolute Gasteiger partial charge is 0.348 e. The van der Waals surface area contributed by atoms with E-state index in [1.54, 1.807) is 0 Å². The molecule has 0 rings (SSSR count). The van der Waals surface area contributed by atoms with Crippen molar-refractivity contribution in [2.24, 2.45) is 0 Å². The highest BCUT2D eigenvalue weighted by atomic mass is 16.6. The number of hydrogen-bond acceptors (Lipinski definition) is 6. The van der Waals surface area contributed by atoms with E-state index in [0.717, 1.165) is 6.92 Å². The Morgan fingerprint density at radius 3 is 2.00 bits per heavy atom. The Labute approximate surface area is 97.7 Å². The molecule has 0 unspecified atom stereocenters. The molecule has 0 aliphatic heterocycles. The van der Waals surface area contributed by atoms with Gasteiger partial charge in [-0.05, 0) is 13.8 Å². The van der Waals surface area contributed by atoms with Crippen molar-refractivity contribution in [2.75, 3.05) is 0 Å². The number of ether oxygens (including phenoxy) is 2. The average molecular weight is 246 g/mol. The summed E-state index contributed by atoms with van der Waals surface area (Å²) in [6, 6.07) is 0. The first-order valence-electron chi connectivity index (χ1n) is 4.84. The molecule has 17 heavy (non-hydrogen) atoms. The summed E-state index contributed by atoms with van der Waals surface area (Å²) >= 11 is 0. The summed E-state index contributed by atoms with van der Waals surface area (Å²) in [5, 5.41) is 8.52. The van der Waals surface area contributed by atoms with Gasteiger partial charge in [-0.15, -0.1) is 0 Å². The van der Waals surface area contributed by atoms with Crippen LogP contribution in [0.15, 0.2) is 0 Å². The molecule has 0 fully saturated rings. The van der Waals surface area contributed by atoms with Crippen molar-refractivity contribution in [2.45, 2.75) is 39.4 Å². The first kappa shape index (κ1) is 15.1. The summed E-state index contributed by atoms with van der Waals surface area (Å²) in [6.45, 7) is 3.60. The third-order valence-corrected chi connectivity index (χ3v) is 1.80. The molecular formula is C10H14O7. The van der Waals surface area contributed by atoms with Crippen LogP contribution in [0.1, 0.15) is 27.2 Å². The normalized spacial score (nSPS) is 13.4. The minimum absolute atomic E-state index is 0.393. The van der Waals surface area contributed by atoms with Gasteiger partial charge in [0.05, 0.1) is 6.42 Å². The van der Waals surface area contributed by atoms with Gasteiger partial charge in [0.1, 0.15) is 0 Å². The molecule has 0 aromatic heterocycles. The van der Waals surface area contributed by atoms with Crippen LogP contribution < -0.4 is 0 Å². The summed E-state index contributed by atoms with van der Waals surface area (Å²) in [5.74, 6) is -3.56. The summed E-state index contributed by atoms with van der Waals surface area (Å²) in [5.41, 5.74) is 0. The molecule has 0 aromatic carbocycles. The molecule has 0 bridgehead atoms. The number of hydrogen-bond donors (Lipinski definition) is 1. The summed E-state index contributed by atoms with van der Waals surface area (Å²) in [6.07, 6.45) is -3.25. The summed E-state index contributed by atoms with van der Waals surface area (Å²) < 4.78 is 9.14. The van der Waals surface area contributed by atoms with Gasteiger partial charge in [0.2, 0.25) is 6.10 Å². The second kappa shape index (κ2) is 6.62. The molecule has 0 aliphatic rings. The highest BCUT2D eigenvalue weighted by Crippen LogP contribution is 2.05. The third kappa shape index (κ3) is 6.29. The highest BCUT2D eigenvalue weighted by Gasteiger charge is 2.28. The predicted octanol–water partition coefficient (Wildman–Crippen LogP) is -0.0865. The van der Waals surface area contributed by atoms with Crippen LogP contribution in [0.4, 0.5) is 0 Å². The summed E-state index contributed by atoms with van der Waals surface area (Å²) in [7, 11) is 0. The lowest BCUT2D eigenvalue weighted by Gasteiger charge is -2.16. The lowest BCUT2D eigenvalue weighted by Crippen LogP contribution is -2.34. The Bertz CT molecular complexity index is 318. The fourth-order valence-corrected chi connectivity index (χ4v) is 0.865. The highest BCUT2D eigenvalue weighted by molar-refractivity contribution is 5.87. The maximum atomic E-state index is 11.4. The number of carbonyl (C=O) groups excluding carboxylic acids is 3. The van der Waals surface area contributed by atoms with E-state index >= 15 is 0 Å². The molecule has 0 spiro atoms. The van der Waals surface area contributed by atoms with Crippen molar-refractivity contribution >= 4 is 23.7 Å². The fourth-order valence-electron chi connectivity index (χ4n) is 0.865. The van der Waals surface area contributed by atoms with Crippen molar-refractivity contribution < 1.29 is 33.8 Å². The van der Waals surface area contributed by atoms with E-state index in [9.17, 15) is 19.2 Å². The van der Waals surface area contributed by atoms with Crippen LogP contribution in [0.5, 0.6) is 0 Å². The Morgan fingerprint density at radius 1 is 1.12 bits per heavy atom. The maximum absolute atomic E-state index is 11.4. The van der Waals surface area contributed by atoms with E-state index in [2.05, 4.69) is 9.47 Å². The van der Waals surface area contributed by atoms with E-state index < -0.39 is 42.3 Å². The monoisotopic (exact) mass is 246 g/mol. The topological polar surface area (TPSA) is 107 Å². The Balaban J connectivity index is 4.57. The predicted molar refractivity (Wildman–Crippen MR) is 54.0 cm³/mol. The van der Waals surface area contributed by atoms with Gasteiger partial charge in [-0.3, -0.25) is 14.4 Å². The molecule has 0 saturated carbocycles. The van der Waals surface area contributed by atoms with Crippen molar-refractivity contribution in [3.8, 4) is 0 Å². The van der Waals surface area contributed by atoms with Crippen LogP contribution in [0, 0.1) is 0 Å². The number of aliphatic carboxylic acids is 1. The Morgan fingerprint density at radius 2 is 1.65 bits per heavy atom. The van der Waals surface area contributed by atoms with Crippen molar-refractivity contribution in [3.63, 3.8) is 0 Å². The lowest BCUT2D eigenvalue weighted by molar-refractivity contribution is -0.173. The van der Waals surface area contributed by atoms with E-state index in [1.165, 1.54) is 13.8 Å². The van der Waals surface area contributed by atoms with Gasteiger partial charge in [0, 0.05) is 6.92 Å². The van der Waals surface area contributed by atoms with Crippen LogP contribution in [0.2, 0.25) is 0 Å². The molecular weight excluding hydrogens is 232 g/mol. The maximum Gasteiger partial charge on any atom is 0.348 e. The minimum Gasteiger partial charge on any atom is -0.481 e. The first-order chi connectivity index (χ1) is 7.73. The molecule has 7 heteroatoms. The number of Topliss-reactive ketones (excluding diaryl/α,β-unsaturated/α-hetero) is 1. The fraction of sp³-hybridized carbons (Fsp3) is 0.600. The van der Waals surface area contributed by atoms with E-state index in [4.69, 9.17) is 5.11 Å². The molecule has 96 valence electrons. The number of carbonyl (C=O) groups is 4. The van der Waals surface area contributed by atoms with Gasteiger partial charge in [-0.2, -0.15) is 0 Å². The van der Waals surface area contributed by atoms with Crippen LogP contribution in [-0.2, 0) is 28.7 Å². The van der Waals surface area contributed by atoms with E-state index in [1.807, 2.05) is 0 Å². The van der Waals surface area contributed by atoms with Crippen molar-refractivity contribution in [3.05, 3.63) is 0 Å². The average Bonchev–Trinajstić information content (AvgIpc) is 2.14. The van der Waals surface area contributed by atoms with Gasteiger partial charge >= 0.3 is 17.9 Å². The number of esters is 2. The van der Waals surface area contributed by atoms with Gasteiger partial charge in [-0.25, -0.2) is 4.79 Å². The molecule has 0 amide bonds. The van der Waals surface area contributed by atoms with Crippen LogP contribution in [0.25, 0.3) is 0 Å². The molecule has 1 N–H and O–H groups in total. The second-order valence-corrected chi connectivity index (χ2v) is 3.39. The number of carboxylic acid groups (broad SMARTS) is 1. The number of rotatable bonds is 6. The first-order valence-corrected chi connectivity index (χ1v) is 4.84. The molecule has 7 nitrogen and oxygen atoms in total. The zero-order valence-electron chi connectivity index (χ0n) is 9.76. The van der Waals surface area contributed by atoms with E-state index in [0.29, 0.717) is 0 Å². The Hall–Kier alpha value is -1.92. The minimum atomic E-state index is -1.54. The quantitative estimate of drug-likeness (QED) is 0.652. The van der Waals surface area contributed by atoms with Gasteiger partial charge in [0.25, 0.3) is 0 Å². The largest absolute Gasteiger partial charge is 0.481 e. The molecule has 0 saturated heterocycles. The van der Waals surface area contributed by atoms with E-state index in [-0.39, 0.29) is 0 Å². The van der Waals surface area contributed by atoms with Gasteiger partial charge in [-0.1, -0.05) is 0 Å². The van der Waals surface area contributed by atoms with Gasteiger partial charge in [0.15, 0.2) is 11.9 Å². The van der Waals surface area contributed by atoms with Crippen LogP contribution in [0.3, 0.4) is 0 Å². The Kier molecular flexibility index (Phi) is 5.87. The zero-order valence-corrected chi connectivity index (χ0v) is 9.76. The van der Waals surface area contributed by atoms with Crippen molar-refractivity contribution in [1.82, 2.24) is 0 Å².